The van der Waals surface area contributed by atoms with E-state index >= 15 is 0 Å². The standard InChI is InChI=1S/C18H23N3O3/c1-2-18(14-9-5-3-6-10-14)16(23)21(17(24)19-18)13-15(22)20-11-7-4-8-12-20/h3,5-6,9-10H,2,4,7-8,11-13H2,1H3,(H,19,24). The molecule has 0 bridgehead atoms. The summed E-state index contributed by atoms with van der Waals surface area (Å²) in [7, 11) is 0. The van der Waals surface area contributed by atoms with Crippen molar-refractivity contribution in [1.29, 1.82) is 0 Å². The number of amides is 4. The van der Waals surface area contributed by atoms with Crippen LogP contribution in [0.3, 0.4) is 0 Å². The van der Waals surface area contributed by atoms with Crippen molar-refractivity contribution in [3.63, 3.8) is 0 Å². The van der Waals surface area contributed by atoms with E-state index < -0.39 is 11.6 Å². The van der Waals surface area contributed by atoms with Gasteiger partial charge in [-0.15, -0.1) is 0 Å². The van der Waals surface area contributed by atoms with E-state index in [1.54, 1.807) is 4.90 Å². The van der Waals surface area contributed by atoms with Crippen molar-refractivity contribution in [3.05, 3.63) is 35.9 Å². The number of imide groups is 1. The third-order valence-electron chi connectivity index (χ3n) is 4.97. The Hall–Kier alpha value is -2.37. The fourth-order valence-electron chi connectivity index (χ4n) is 3.51. The van der Waals surface area contributed by atoms with Crippen LogP contribution in [-0.4, -0.2) is 47.3 Å². The lowest BCUT2D eigenvalue weighted by Crippen LogP contribution is -2.46. The molecule has 6 heteroatoms. The molecule has 0 spiro atoms. The maximum atomic E-state index is 13.0. The van der Waals surface area contributed by atoms with E-state index in [0.29, 0.717) is 19.5 Å². The highest BCUT2D eigenvalue weighted by molar-refractivity contribution is 6.09. The van der Waals surface area contributed by atoms with Crippen molar-refractivity contribution in [3.8, 4) is 0 Å². The van der Waals surface area contributed by atoms with E-state index in [1.807, 2.05) is 37.3 Å². The predicted molar refractivity (Wildman–Crippen MR) is 89.1 cm³/mol. The van der Waals surface area contributed by atoms with E-state index in [2.05, 4.69) is 5.32 Å². The van der Waals surface area contributed by atoms with Gasteiger partial charge in [0.05, 0.1) is 0 Å². The number of benzene rings is 1. The van der Waals surface area contributed by atoms with Crippen molar-refractivity contribution >= 4 is 17.8 Å². The molecular weight excluding hydrogens is 306 g/mol. The quantitative estimate of drug-likeness (QED) is 0.857. The summed E-state index contributed by atoms with van der Waals surface area (Å²) < 4.78 is 0. The van der Waals surface area contributed by atoms with E-state index in [0.717, 1.165) is 29.7 Å². The molecule has 1 aromatic carbocycles. The smallest absolute Gasteiger partial charge is 0.325 e. The normalized spacial score (nSPS) is 24.2. The van der Waals surface area contributed by atoms with Gasteiger partial charge in [-0.1, -0.05) is 37.3 Å². The molecule has 0 radical (unpaired) electrons. The number of nitrogens with zero attached hydrogens (tertiary/aromatic N) is 2. The molecule has 0 saturated carbocycles. The molecule has 1 aromatic rings. The van der Waals surface area contributed by atoms with Crippen LogP contribution in [0.2, 0.25) is 0 Å². The number of hydrogen-bond donors (Lipinski definition) is 1. The summed E-state index contributed by atoms with van der Waals surface area (Å²) in [6, 6.07) is 8.72. The Morgan fingerprint density at radius 3 is 2.42 bits per heavy atom. The highest BCUT2D eigenvalue weighted by atomic mass is 16.2. The van der Waals surface area contributed by atoms with E-state index in [1.165, 1.54) is 0 Å². The first-order chi connectivity index (χ1) is 11.6. The third-order valence-corrected chi connectivity index (χ3v) is 4.97. The number of urea groups is 1. The Bertz CT molecular complexity index is 640. The summed E-state index contributed by atoms with van der Waals surface area (Å²) in [5.74, 6) is -0.496. The molecule has 24 heavy (non-hydrogen) atoms. The van der Waals surface area contributed by atoms with E-state index in [9.17, 15) is 14.4 Å². The summed E-state index contributed by atoms with van der Waals surface area (Å²) in [5.41, 5.74) is -0.320. The maximum absolute atomic E-state index is 13.0. The molecule has 3 rings (SSSR count). The predicted octanol–water partition coefficient (Wildman–Crippen LogP) is 1.86. The zero-order valence-corrected chi connectivity index (χ0v) is 14.0. The minimum atomic E-state index is -1.07. The summed E-state index contributed by atoms with van der Waals surface area (Å²) in [6.45, 7) is 3.10. The number of hydrogen-bond acceptors (Lipinski definition) is 3. The third kappa shape index (κ3) is 2.77. The van der Waals surface area contributed by atoms with Crippen LogP contribution in [0.15, 0.2) is 30.3 Å². The van der Waals surface area contributed by atoms with Crippen LogP contribution in [-0.2, 0) is 15.1 Å². The second kappa shape index (κ2) is 6.63. The summed E-state index contributed by atoms with van der Waals surface area (Å²) in [4.78, 5) is 40.6. The van der Waals surface area contributed by atoms with E-state index in [4.69, 9.17) is 0 Å². The van der Waals surface area contributed by atoms with Crippen molar-refractivity contribution in [2.75, 3.05) is 19.6 Å². The molecule has 2 aliphatic heterocycles. The second-order valence-corrected chi connectivity index (χ2v) is 6.39. The minimum Gasteiger partial charge on any atom is -0.341 e. The summed E-state index contributed by atoms with van der Waals surface area (Å²) >= 11 is 0. The molecule has 2 heterocycles. The summed E-state index contributed by atoms with van der Waals surface area (Å²) in [6.07, 6.45) is 3.53. The topological polar surface area (TPSA) is 69.7 Å². The highest BCUT2D eigenvalue weighted by Crippen LogP contribution is 2.32. The zero-order chi connectivity index (χ0) is 17.2. The molecule has 1 atom stereocenters. The lowest BCUT2D eigenvalue weighted by molar-refractivity contribution is -0.139. The van der Waals surface area contributed by atoms with Gasteiger partial charge >= 0.3 is 6.03 Å². The Morgan fingerprint density at radius 1 is 1.12 bits per heavy atom. The highest BCUT2D eigenvalue weighted by Gasteiger charge is 2.51. The Balaban J connectivity index is 1.79. The van der Waals surface area contributed by atoms with Gasteiger partial charge in [-0.3, -0.25) is 14.5 Å². The molecule has 2 aliphatic rings. The van der Waals surface area contributed by atoms with Gasteiger partial charge in [0, 0.05) is 13.1 Å². The lowest BCUT2D eigenvalue weighted by atomic mass is 9.87. The molecule has 6 nitrogen and oxygen atoms in total. The molecular formula is C18H23N3O3. The number of likely N-dealkylation sites (tertiary alicyclic amines) is 1. The van der Waals surface area contributed by atoms with Crippen LogP contribution in [0.1, 0.15) is 38.2 Å². The molecule has 0 aliphatic carbocycles. The first-order valence-electron chi connectivity index (χ1n) is 8.56. The van der Waals surface area contributed by atoms with Gasteiger partial charge in [-0.25, -0.2) is 4.79 Å². The monoisotopic (exact) mass is 329 g/mol. The van der Waals surface area contributed by atoms with E-state index in [-0.39, 0.29) is 18.4 Å². The van der Waals surface area contributed by atoms with Crippen LogP contribution < -0.4 is 5.32 Å². The Labute approximate surface area is 141 Å². The first kappa shape index (κ1) is 16.5. The summed E-state index contributed by atoms with van der Waals surface area (Å²) in [5, 5.41) is 2.81. The van der Waals surface area contributed by atoms with Gasteiger partial charge in [-0.05, 0) is 31.2 Å². The van der Waals surface area contributed by atoms with Crippen molar-refractivity contribution in [1.82, 2.24) is 15.1 Å². The maximum Gasteiger partial charge on any atom is 0.325 e. The van der Waals surface area contributed by atoms with Crippen LogP contribution in [0.25, 0.3) is 0 Å². The van der Waals surface area contributed by atoms with Crippen LogP contribution in [0.4, 0.5) is 4.79 Å². The van der Waals surface area contributed by atoms with Gasteiger partial charge in [0.2, 0.25) is 5.91 Å². The van der Waals surface area contributed by atoms with Crippen molar-refractivity contribution in [2.24, 2.45) is 0 Å². The largest absolute Gasteiger partial charge is 0.341 e. The van der Waals surface area contributed by atoms with Gasteiger partial charge in [-0.2, -0.15) is 0 Å². The first-order valence-corrected chi connectivity index (χ1v) is 8.56. The van der Waals surface area contributed by atoms with Crippen LogP contribution in [0, 0.1) is 0 Å². The molecule has 2 fully saturated rings. The zero-order valence-electron chi connectivity index (χ0n) is 14.0. The average Bonchev–Trinajstić information content (AvgIpc) is 2.88. The number of carbonyl (C=O) groups excluding carboxylic acids is 3. The van der Waals surface area contributed by atoms with Gasteiger partial charge in [0.15, 0.2) is 0 Å². The van der Waals surface area contributed by atoms with Crippen molar-refractivity contribution in [2.45, 2.75) is 38.1 Å². The molecule has 4 amide bonds. The minimum absolute atomic E-state index is 0.154. The average molecular weight is 329 g/mol. The van der Waals surface area contributed by atoms with Crippen molar-refractivity contribution < 1.29 is 14.4 Å². The fraction of sp³-hybridized carbons (Fsp3) is 0.500. The Morgan fingerprint density at radius 2 is 1.79 bits per heavy atom. The second-order valence-electron chi connectivity index (χ2n) is 6.39. The Kier molecular flexibility index (Phi) is 4.55. The molecule has 2 saturated heterocycles. The van der Waals surface area contributed by atoms with Gasteiger partial charge in [0.1, 0.15) is 12.1 Å². The number of piperidine rings is 1. The SMILES string of the molecule is CCC1(c2ccccc2)NC(=O)N(CC(=O)N2CCCCC2)C1=O. The van der Waals surface area contributed by atoms with Gasteiger partial charge in [0.25, 0.3) is 5.91 Å². The number of nitrogens with one attached hydrogen (secondary N) is 1. The molecule has 1 unspecified atom stereocenters. The fourth-order valence-corrected chi connectivity index (χ4v) is 3.51. The molecule has 128 valence electrons. The molecule has 1 N–H and O–H groups in total. The number of carbonyl (C=O) groups is 3. The van der Waals surface area contributed by atoms with Crippen LogP contribution in [0.5, 0.6) is 0 Å². The molecule has 0 aromatic heterocycles. The number of rotatable bonds is 4. The van der Waals surface area contributed by atoms with Crippen LogP contribution >= 0.6 is 0 Å². The van der Waals surface area contributed by atoms with Gasteiger partial charge < -0.3 is 10.2 Å². The lowest BCUT2D eigenvalue weighted by Gasteiger charge is -2.28.